The van der Waals surface area contributed by atoms with E-state index < -0.39 is 0 Å². The molecule has 0 saturated heterocycles. The molecule has 0 N–H and O–H groups in total. The highest BCUT2D eigenvalue weighted by Crippen LogP contribution is 2.47. The molecule has 0 atom stereocenters. The summed E-state index contributed by atoms with van der Waals surface area (Å²) in [5, 5.41) is 7.49. The molecular formula is C42H25BO2. The van der Waals surface area contributed by atoms with Crippen LogP contribution in [0.1, 0.15) is 0 Å². The second kappa shape index (κ2) is 9.35. The van der Waals surface area contributed by atoms with Crippen molar-refractivity contribution >= 4 is 55.4 Å². The van der Waals surface area contributed by atoms with Gasteiger partial charge in [0.15, 0.2) is 0 Å². The van der Waals surface area contributed by atoms with Crippen LogP contribution in [0, 0.1) is 0 Å². The molecule has 0 bridgehead atoms. The molecule has 2 aliphatic heterocycles. The Hall–Kier alpha value is -5.80. The van der Waals surface area contributed by atoms with Crippen LogP contribution >= 0.6 is 0 Å². The van der Waals surface area contributed by atoms with Crippen molar-refractivity contribution in [3.05, 3.63) is 152 Å². The molecule has 2 heterocycles. The monoisotopic (exact) mass is 572 g/mol. The summed E-state index contributed by atoms with van der Waals surface area (Å²) in [5.74, 6) is 3.52. The van der Waals surface area contributed by atoms with Crippen LogP contribution in [0.4, 0.5) is 0 Å². The zero-order valence-electron chi connectivity index (χ0n) is 24.3. The molecule has 0 amide bonds. The van der Waals surface area contributed by atoms with Gasteiger partial charge in [0.2, 0.25) is 0 Å². The van der Waals surface area contributed by atoms with Crippen LogP contribution in [0.25, 0.3) is 54.6 Å². The van der Waals surface area contributed by atoms with Crippen LogP contribution in [0.2, 0.25) is 0 Å². The van der Waals surface area contributed by atoms with Crippen molar-refractivity contribution in [1.29, 1.82) is 0 Å². The summed E-state index contributed by atoms with van der Waals surface area (Å²) < 4.78 is 13.0. The quantitative estimate of drug-likeness (QED) is 0.117. The molecule has 2 nitrogen and oxygen atoms in total. The number of hydrogen-bond donors (Lipinski definition) is 0. The molecule has 208 valence electrons. The maximum atomic E-state index is 6.71. The first kappa shape index (κ1) is 24.6. The van der Waals surface area contributed by atoms with E-state index >= 15 is 0 Å². The molecule has 45 heavy (non-hydrogen) atoms. The SMILES string of the molecule is c1ccc(-c2c3ccccc3c(-c3ccc4c(c3)Oc3cccc5c3B4c3ccccc3O5)c3ccc4ccccc4c23)cc1. The zero-order valence-corrected chi connectivity index (χ0v) is 24.3. The highest BCUT2D eigenvalue weighted by atomic mass is 16.5. The second-order valence-corrected chi connectivity index (χ2v) is 12.0. The molecule has 0 radical (unpaired) electrons. The van der Waals surface area contributed by atoms with Gasteiger partial charge < -0.3 is 9.47 Å². The highest BCUT2D eigenvalue weighted by Gasteiger charge is 2.39. The molecule has 0 saturated carbocycles. The van der Waals surface area contributed by atoms with Crippen LogP contribution in [-0.4, -0.2) is 6.71 Å². The molecule has 0 unspecified atom stereocenters. The summed E-state index contributed by atoms with van der Waals surface area (Å²) in [6.45, 7) is 0.0526. The average molecular weight is 572 g/mol. The minimum absolute atomic E-state index is 0.0526. The Morgan fingerprint density at radius 1 is 0.378 bits per heavy atom. The molecule has 0 fully saturated rings. The van der Waals surface area contributed by atoms with Crippen molar-refractivity contribution in [3.63, 3.8) is 0 Å². The minimum atomic E-state index is 0.0526. The van der Waals surface area contributed by atoms with E-state index in [-0.39, 0.29) is 6.71 Å². The number of fused-ring (bicyclic) bond motifs is 8. The van der Waals surface area contributed by atoms with Crippen molar-refractivity contribution < 1.29 is 9.47 Å². The Bertz CT molecular complexity index is 2500. The summed E-state index contributed by atoms with van der Waals surface area (Å²) in [6, 6.07) is 54.3. The van der Waals surface area contributed by atoms with E-state index in [0.29, 0.717) is 0 Å². The minimum Gasteiger partial charge on any atom is -0.458 e. The molecule has 3 heteroatoms. The average Bonchev–Trinajstić information content (AvgIpc) is 3.10. The van der Waals surface area contributed by atoms with Crippen LogP contribution in [-0.2, 0) is 0 Å². The van der Waals surface area contributed by atoms with E-state index in [1.165, 1.54) is 54.5 Å². The molecule has 2 aliphatic rings. The van der Waals surface area contributed by atoms with Crippen molar-refractivity contribution in [3.8, 4) is 45.3 Å². The first-order valence-electron chi connectivity index (χ1n) is 15.5. The molecular weight excluding hydrogens is 547 g/mol. The first-order valence-corrected chi connectivity index (χ1v) is 15.5. The lowest BCUT2D eigenvalue weighted by molar-refractivity contribution is 0.464. The number of rotatable bonds is 2. The number of hydrogen-bond acceptors (Lipinski definition) is 2. The zero-order chi connectivity index (χ0) is 29.5. The van der Waals surface area contributed by atoms with Crippen molar-refractivity contribution in [1.82, 2.24) is 0 Å². The number of para-hydroxylation sites is 1. The van der Waals surface area contributed by atoms with Gasteiger partial charge in [0.05, 0.1) is 0 Å². The van der Waals surface area contributed by atoms with Crippen molar-refractivity contribution in [2.75, 3.05) is 0 Å². The number of benzene rings is 8. The van der Waals surface area contributed by atoms with E-state index in [0.717, 1.165) is 39.5 Å². The third-order valence-electron chi connectivity index (χ3n) is 9.57. The summed E-state index contributed by atoms with van der Waals surface area (Å²) in [5.41, 5.74) is 8.30. The molecule has 8 aromatic rings. The van der Waals surface area contributed by atoms with Gasteiger partial charge >= 0.3 is 0 Å². The normalized spacial score (nSPS) is 12.8. The van der Waals surface area contributed by atoms with Crippen LogP contribution in [0.5, 0.6) is 23.0 Å². The van der Waals surface area contributed by atoms with E-state index in [1.807, 2.05) is 18.2 Å². The molecule has 8 aromatic carbocycles. The van der Waals surface area contributed by atoms with E-state index in [2.05, 4.69) is 133 Å². The Morgan fingerprint density at radius 2 is 1.02 bits per heavy atom. The van der Waals surface area contributed by atoms with Gasteiger partial charge in [-0.2, -0.15) is 0 Å². The van der Waals surface area contributed by atoms with Crippen LogP contribution < -0.4 is 25.9 Å². The third-order valence-corrected chi connectivity index (χ3v) is 9.57. The van der Waals surface area contributed by atoms with E-state index in [9.17, 15) is 0 Å². The van der Waals surface area contributed by atoms with Gasteiger partial charge in [-0.25, -0.2) is 0 Å². The third kappa shape index (κ3) is 3.52. The highest BCUT2D eigenvalue weighted by molar-refractivity contribution is 6.98. The van der Waals surface area contributed by atoms with Gasteiger partial charge in [0, 0.05) is 5.46 Å². The van der Waals surface area contributed by atoms with Crippen molar-refractivity contribution in [2.45, 2.75) is 0 Å². The van der Waals surface area contributed by atoms with Gasteiger partial charge in [-0.05, 0) is 89.8 Å². The molecule has 10 rings (SSSR count). The van der Waals surface area contributed by atoms with Gasteiger partial charge in [0.1, 0.15) is 23.0 Å². The molecule has 0 aromatic heterocycles. The maximum Gasteiger partial charge on any atom is 0.260 e. The Kier molecular flexibility index (Phi) is 5.12. The standard InChI is InChI=1S/C42H25BO2/c1-2-12-27(13-3-1)40-31-16-7-6-15-30(31)39(32-23-21-26-11-4-5-14-29(26)41(32)40)28-22-24-34-38(25-28)45-37-20-10-19-36-42(37)43(34)33-17-8-9-18-35(33)44-36/h1-25H. The molecule has 0 spiro atoms. The van der Waals surface area contributed by atoms with Gasteiger partial charge in [-0.3, -0.25) is 0 Å². The summed E-state index contributed by atoms with van der Waals surface area (Å²) in [6.07, 6.45) is 0. The predicted octanol–water partition coefficient (Wildman–Crippen LogP) is 9.21. The number of ether oxygens (including phenoxy) is 2. The fourth-order valence-corrected chi connectivity index (χ4v) is 7.69. The Balaban J connectivity index is 1.28. The van der Waals surface area contributed by atoms with Crippen molar-refractivity contribution in [2.24, 2.45) is 0 Å². The van der Waals surface area contributed by atoms with E-state index in [1.54, 1.807) is 0 Å². The lowest BCUT2D eigenvalue weighted by atomic mass is 9.35. The Morgan fingerprint density at radius 3 is 1.87 bits per heavy atom. The molecule has 0 aliphatic carbocycles. The van der Waals surface area contributed by atoms with Crippen LogP contribution in [0.3, 0.4) is 0 Å². The lowest BCUT2D eigenvalue weighted by Gasteiger charge is -2.33. The van der Waals surface area contributed by atoms with E-state index in [4.69, 9.17) is 9.47 Å². The first-order chi connectivity index (χ1) is 22.3. The van der Waals surface area contributed by atoms with Crippen LogP contribution in [0.15, 0.2) is 152 Å². The largest absolute Gasteiger partial charge is 0.458 e. The Labute approximate surface area is 261 Å². The van der Waals surface area contributed by atoms with Gasteiger partial charge in [0.25, 0.3) is 6.71 Å². The predicted molar refractivity (Wildman–Crippen MR) is 188 cm³/mol. The van der Waals surface area contributed by atoms with Gasteiger partial charge in [-0.1, -0.05) is 127 Å². The summed E-state index contributed by atoms with van der Waals surface area (Å²) >= 11 is 0. The summed E-state index contributed by atoms with van der Waals surface area (Å²) in [7, 11) is 0. The fourth-order valence-electron chi connectivity index (χ4n) is 7.69. The summed E-state index contributed by atoms with van der Waals surface area (Å²) in [4.78, 5) is 0. The topological polar surface area (TPSA) is 18.5 Å². The van der Waals surface area contributed by atoms with Gasteiger partial charge in [-0.15, -0.1) is 0 Å². The second-order valence-electron chi connectivity index (χ2n) is 12.0. The lowest BCUT2D eigenvalue weighted by Crippen LogP contribution is -2.57. The smallest absolute Gasteiger partial charge is 0.260 e. The fraction of sp³-hybridized carbons (Fsp3) is 0. The maximum absolute atomic E-state index is 6.71.